The molecule has 0 saturated heterocycles. The molecule has 5 heteroatoms. The maximum Gasteiger partial charge on any atom is 0.133 e. The Hall–Kier alpha value is -1.04. The Kier molecular flexibility index (Phi) is 5.88. The summed E-state index contributed by atoms with van der Waals surface area (Å²) in [6, 6.07) is 13.2. The van der Waals surface area contributed by atoms with Crippen LogP contribution in [0.3, 0.4) is 0 Å². The molecule has 0 fully saturated rings. The highest BCUT2D eigenvalue weighted by atomic mass is 79.9. The molecule has 0 aliphatic heterocycles. The lowest BCUT2D eigenvalue weighted by atomic mass is 10.2. The van der Waals surface area contributed by atoms with Crippen LogP contribution in [-0.2, 0) is 6.61 Å². The molecule has 0 aromatic heterocycles. The van der Waals surface area contributed by atoms with Crippen molar-refractivity contribution < 1.29 is 14.6 Å². The van der Waals surface area contributed by atoms with Crippen LogP contribution >= 0.6 is 31.9 Å². The average molecular weight is 402 g/mol. The molecule has 0 radical (unpaired) electrons. The normalized spacial score (nSPS) is 10.3. The molecule has 0 heterocycles. The van der Waals surface area contributed by atoms with Crippen LogP contribution in [0.4, 0.5) is 0 Å². The highest BCUT2D eigenvalue weighted by Gasteiger charge is 2.02. The summed E-state index contributed by atoms with van der Waals surface area (Å²) in [7, 11) is 0. The van der Waals surface area contributed by atoms with Gasteiger partial charge in [0.1, 0.15) is 24.7 Å². The fourth-order valence-electron chi connectivity index (χ4n) is 1.60. The Morgan fingerprint density at radius 3 is 2.25 bits per heavy atom. The molecule has 0 aliphatic carbocycles. The number of ether oxygens (including phenoxy) is 2. The molecule has 2 aromatic rings. The molecular weight excluding hydrogens is 388 g/mol. The fraction of sp³-hybridized carbons (Fsp3) is 0.200. The van der Waals surface area contributed by atoms with Gasteiger partial charge >= 0.3 is 0 Å². The standard InChI is InChI=1S/C15H14Br2O3/c16-12-2-4-13(5-3-12)19-7-8-20-15-6-1-11(10-18)9-14(15)17/h1-6,9,18H,7-8,10H2. The van der Waals surface area contributed by atoms with Gasteiger partial charge in [-0.2, -0.15) is 0 Å². The summed E-state index contributed by atoms with van der Waals surface area (Å²) in [5.41, 5.74) is 0.843. The molecule has 0 saturated carbocycles. The van der Waals surface area contributed by atoms with Gasteiger partial charge in [-0.1, -0.05) is 22.0 Å². The Labute approximate surface area is 134 Å². The molecular formula is C15H14Br2O3. The third-order valence-corrected chi connectivity index (χ3v) is 3.75. The Bertz CT molecular complexity index is 556. The number of aliphatic hydroxyl groups excluding tert-OH is 1. The number of benzene rings is 2. The minimum Gasteiger partial charge on any atom is -0.490 e. The molecule has 0 atom stereocenters. The van der Waals surface area contributed by atoms with Crippen LogP contribution in [0.25, 0.3) is 0 Å². The molecule has 2 aromatic carbocycles. The first-order valence-electron chi connectivity index (χ1n) is 6.09. The zero-order chi connectivity index (χ0) is 14.4. The quantitative estimate of drug-likeness (QED) is 0.738. The lowest BCUT2D eigenvalue weighted by Crippen LogP contribution is -2.09. The predicted molar refractivity (Wildman–Crippen MR) is 85.2 cm³/mol. The van der Waals surface area contributed by atoms with E-state index in [1.54, 1.807) is 0 Å². The minimum atomic E-state index is 0.0194. The summed E-state index contributed by atoms with van der Waals surface area (Å²) >= 11 is 6.79. The van der Waals surface area contributed by atoms with Gasteiger partial charge < -0.3 is 14.6 Å². The lowest BCUT2D eigenvalue weighted by molar-refractivity contribution is 0.216. The number of rotatable bonds is 6. The average Bonchev–Trinajstić information content (AvgIpc) is 2.46. The molecule has 1 N–H and O–H groups in total. The van der Waals surface area contributed by atoms with Crippen LogP contribution < -0.4 is 9.47 Å². The summed E-state index contributed by atoms with van der Waals surface area (Å²) in [4.78, 5) is 0. The second-order valence-electron chi connectivity index (χ2n) is 4.07. The van der Waals surface area contributed by atoms with Crippen LogP contribution in [0.15, 0.2) is 51.4 Å². The van der Waals surface area contributed by atoms with E-state index in [4.69, 9.17) is 14.6 Å². The van der Waals surface area contributed by atoms with Crippen molar-refractivity contribution in [3.05, 3.63) is 57.0 Å². The van der Waals surface area contributed by atoms with Crippen molar-refractivity contribution in [3.63, 3.8) is 0 Å². The third-order valence-electron chi connectivity index (χ3n) is 2.60. The summed E-state index contributed by atoms with van der Waals surface area (Å²) in [6.45, 7) is 0.939. The monoisotopic (exact) mass is 400 g/mol. The van der Waals surface area contributed by atoms with Crippen LogP contribution in [0.5, 0.6) is 11.5 Å². The Balaban J connectivity index is 1.79. The second kappa shape index (κ2) is 7.67. The summed E-state index contributed by atoms with van der Waals surface area (Å²) in [5.74, 6) is 1.55. The number of hydrogen-bond acceptors (Lipinski definition) is 3. The van der Waals surface area contributed by atoms with E-state index in [1.165, 1.54) is 0 Å². The van der Waals surface area contributed by atoms with Crippen molar-refractivity contribution >= 4 is 31.9 Å². The molecule has 0 unspecified atom stereocenters. The first-order chi connectivity index (χ1) is 9.69. The van der Waals surface area contributed by atoms with E-state index in [2.05, 4.69) is 31.9 Å². The molecule has 0 aliphatic rings. The molecule has 20 heavy (non-hydrogen) atoms. The Morgan fingerprint density at radius 1 is 0.900 bits per heavy atom. The van der Waals surface area contributed by atoms with Crippen molar-refractivity contribution in [2.75, 3.05) is 13.2 Å². The largest absolute Gasteiger partial charge is 0.490 e. The highest BCUT2D eigenvalue weighted by molar-refractivity contribution is 9.10. The maximum absolute atomic E-state index is 9.03. The van der Waals surface area contributed by atoms with Gasteiger partial charge in [-0.25, -0.2) is 0 Å². The molecule has 0 amide bonds. The van der Waals surface area contributed by atoms with Gasteiger partial charge in [0.25, 0.3) is 0 Å². The molecule has 0 spiro atoms. The highest BCUT2D eigenvalue weighted by Crippen LogP contribution is 2.26. The molecule has 106 valence electrons. The predicted octanol–water partition coefficient (Wildman–Crippen LogP) is 4.16. The van der Waals surface area contributed by atoms with Crippen molar-refractivity contribution in [1.29, 1.82) is 0 Å². The van der Waals surface area contributed by atoms with Crippen LogP contribution in [0, 0.1) is 0 Å². The van der Waals surface area contributed by atoms with Gasteiger partial charge in [0.15, 0.2) is 0 Å². The van der Waals surface area contributed by atoms with E-state index in [-0.39, 0.29) is 6.61 Å². The van der Waals surface area contributed by atoms with E-state index >= 15 is 0 Å². The zero-order valence-corrected chi connectivity index (χ0v) is 13.9. The van der Waals surface area contributed by atoms with Gasteiger partial charge in [-0.3, -0.25) is 0 Å². The smallest absolute Gasteiger partial charge is 0.133 e. The van der Waals surface area contributed by atoms with Crippen LogP contribution in [0.1, 0.15) is 5.56 Å². The fourth-order valence-corrected chi connectivity index (χ4v) is 2.41. The van der Waals surface area contributed by atoms with E-state index in [9.17, 15) is 0 Å². The Morgan fingerprint density at radius 2 is 1.60 bits per heavy atom. The summed E-state index contributed by atoms with van der Waals surface area (Å²) in [6.07, 6.45) is 0. The first kappa shape index (κ1) is 15.4. The van der Waals surface area contributed by atoms with E-state index in [0.29, 0.717) is 13.2 Å². The van der Waals surface area contributed by atoms with Gasteiger partial charge in [-0.15, -0.1) is 0 Å². The number of aliphatic hydroxyl groups is 1. The number of halogens is 2. The lowest BCUT2D eigenvalue weighted by Gasteiger charge is -2.10. The van der Waals surface area contributed by atoms with Crippen LogP contribution in [0.2, 0.25) is 0 Å². The van der Waals surface area contributed by atoms with Gasteiger partial charge in [-0.05, 0) is 57.9 Å². The van der Waals surface area contributed by atoms with Crippen molar-refractivity contribution in [2.24, 2.45) is 0 Å². The topological polar surface area (TPSA) is 38.7 Å². The minimum absolute atomic E-state index is 0.0194. The summed E-state index contributed by atoms with van der Waals surface area (Å²) in [5, 5.41) is 9.03. The van der Waals surface area contributed by atoms with Gasteiger partial charge in [0.2, 0.25) is 0 Å². The SMILES string of the molecule is OCc1ccc(OCCOc2ccc(Br)cc2)c(Br)c1. The summed E-state index contributed by atoms with van der Waals surface area (Å²) < 4.78 is 13.0. The molecule has 2 rings (SSSR count). The first-order valence-corrected chi connectivity index (χ1v) is 7.68. The van der Waals surface area contributed by atoms with E-state index in [0.717, 1.165) is 26.0 Å². The van der Waals surface area contributed by atoms with Crippen molar-refractivity contribution in [1.82, 2.24) is 0 Å². The molecule has 0 bridgehead atoms. The van der Waals surface area contributed by atoms with E-state index in [1.807, 2.05) is 42.5 Å². The third kappa shape index (κ3) is 4.51. The van der Waals surface area contributed by atoms with Gasteiger partial charge in [0.05, 0.1) is 11.1 Å². The van der Waals surface area contributed by atoms with Crippen molar-refractivity contribution in [3.8, 4) is 11.5 Å². The zero-order valence-electron chi connectivity index (χ0n) is 10.7. The second-order valence-corrected chi connectivity index (χ2v) is 5.84. The van der Waals surface area contributed by atoms with Crippen molar-refractivity contribution in [2.45, 2.75) is 6.61 Å². The number of hydrogen-bond donors (Lipinski definition) is 1. The van der Waals surface area contributed by atoms with E-state index < -0.39 is 0 Å². The van der Waals surface area contributed by atoms with Crippen LogP contribution in [-0.4, -0.2) is 18.3 Å². The molecule has 3 nitrogen and oxygen atoms in total. The maximum atomic E-state index is 9.03. The van der Waals surface area contributed by atoms with Gasteiger partial charge in [0, 0.05) is 4.47 Å².